The largest absolute Gasteiger partial charge is 0.397 e. The lowest BCUT2D eigenvalue weighted by Gasteiger charge is -2.41. The van der Waals surface area contributed by atoms with Gasteiger partial charge >= 0.3 is 10.4 Å². The van der Waals surface area contributed by atoms with Gasteiger partial charge in [0, 0.05) is 0 Å². The van der Waals surface area contributed by atoms with Crippen molar-refractivity contribution in [1.82, 2.24) is 5.32 Å². The first-order valence-electron chi connectivity index (χ1n) is 22.0. The van der Waals surface area contributed by atoms with Crippen molar-refractivity contribution in [2.24, 2.45) is 0 Å². The summed E-state index contributed by atoms with van der Waals surface area (Å²) in [7, 11) is -5.12. The third-order valence-electron chi connectivity index (χ3n) is 10.3. The van der Waals surface area contributed by atoms with Crippen molar-refractivity contribution in [3.8, 4) is 0 Å². The number of carbonyl (C=O) groups is 1. The molecule has 0 saturated carbocycles. The maximum atomic E-state index is 13.1. The normalized spacial score (nSPS) is 22.1. The maximum Gasteiger partial charge on any atom is 0.397 e. The van der Waals surface area contributed by atoms with Crippen LogP contribution in [-0.4, -0.2) is 107 Å². The molecule has 1 fully saturated rings. The molecule has 0 spiro atoms. The zero-order chi connectivity index (χ0) is 42.2. The van der Waals surface area contributed by atoms with E-state index in [-0.39, 0.29) is 6.42 Å². The van der Waals surface area contributed by atoms with Crippen LogP contribution in [0.4, 0.5) is 0 Å². The van der Waals surface area contributed by atoms with Crippen LogP contribution in [0, 0.1) is 0 Å². The Hall–Kier alpha value is -1.72. The fraction of sp³-hybridized carbons (Fsp3) is 0.837. The minimum Gasteiger partial charge on any atom is -0.394 e. The molecule has 1 saturated heterocycles. The SMILES string of the molecule is CCCCCC/C=C\CCCCCCCCC(O)C(=O)NC(COC1OC(CO)C(O)C(OS(=O)(=O)O)C1O)C(O)/C=C/CC/C=C/CCCCCCCCCC. The van der Waals surface area contributed by atoms with E-state index in [0.29, 0.717) is 12.8 Å². The molecule has 8 unspecified atom stereocenters. The van der Waals surface area contributed by atoms with Crippen molar-refractivity contribution in [1.29, 1.82) is 0 Å². The Morgan fingerprint density at radius 2 is 1.18 bits per heavy atom. The number of ether oxygens (including phenoxy) is 2. The van der Waals surface area contributed by atoms with E-state index in [1.807, 2.05) is 0 Å². The number of unbranched alkanes of at least 4 members (excludes halogenated alkanes) is 19. The lowest BCUT2D eigenvalue weighted by Crippen LogP contribution is -2.61. The molecular weight excluding hydrogens is 755 g/mol. The summed E-state index contributed by atoms with van der Waals surface area (Å²) in [5, 5.41) is 55.0. The van der Waals surface area contributed by atoms with Crippen LogP contribution >= 0.6 is 0 Å². The maximum absolute atomic E-state index is 13.1. The molecule has 57 heavy (non-hydrogen) atoms. The summed E-state index contributed by atoms with van der Waals surface area (Å²) >= 11 is 0. The van der Waals surface area contributed by atoms with E-state index in [2.05, 4.69) is 47.7 Å². The fourth-order valence-electron chi connectivity index (χ4n) is 6.70. The smallest absolute Gasteiger partial charge is 0.394 e. The molecule has 1 heterocycles. The first-order chi connectivity index (χ1) is 27.4. The van der Waals surface area contributed by atoms with E-state index < -0.39 is 78.5 Å². The van der Waals surface area contributed by atoms with Gasteiger partial charge in [0.15, 0.2) is 6.29 Å². The number of rotatable bonds is 36. The molecule has 0 radical (unpaired) electrons. The van der Waals surface area contributed by atoms with Crippen LogP contribution in [0.2, 0.25) is 0 Å². The molecule has 1 aliphatic heterocycles. The van der Waals surface area contributed by atoms with Gasteiger partial charge < -0.3 is 40.3 Å². The second kappa shape index (κ2) is 34.0. The van der Waals surface area contributed by atoms with Gasteiger partial charge in [0.2, 0.25) is 5.91 Å². The number of carbonyl (C=O) groups excluding carboxylic acids is 1. The zero-order valence-corrected chi connectivity index (χ0v) is 35.8. The zero-order valence-electron chi connectivity index (χ0n) is 35.0. The lowest BCUT2D eigenvalue weighted by molar-refractivity contribution is -0.298. The average Bonchev–Trinajstić information content (AvgIpc) is 3.18. The Bertz CT molecular complexity index is 1180. The van der Waals surface area contributed by atoms with E-state index >= 15 is 0 Å². The van der Waals surface area contributed by atoms with Gasteiger partial charge in [0.05, 0.1) is 25.4 Å². The summed E-state index contributed by atoms with van der Waals surface area (Å²) in [5.74, 6) is -0.720. The molecule has 8 atom stereocenters. The predicted molar refractivity (Wildman–Crippen MR) is 224 cm³/mol. The Morgan fingerprint density at radius 3 is 1.70 bits per heavy atom. The van der Waals surface area contributed by atoms with Gasteiger partial charge in [-0.25, -0.2) is 4.18 Å². The number of nitrogens with one attached hydrogen (secondary N) is 1. The molecule has 14 heteroatoms. The summed E-state index contributed by atoms with van der Waals surface area (Å²) in [6.07, 6.45) is 26.6. The van der Waals surface area contributed by atoms with Crippen LogP contribution in [0.3, 0.4) is 0 Å². The summed E-state index contributed by atoms with van der Waals surface area (Å²) in [4.78, 5) is 13.1. The topological polar surface area (TPSA) is 212 Å². The summed E-state index contributed by atoms with van der Waals surface area (Å²) in [5.41, 5.74) is 0. The minimum absolute atomic E-state index is 0.229. The molecule has 0 aromatic heterocycles. The van der Waals surface area contributed by atoms with Crippen LogP contribution in [-0.2, 0) is 28.9 Å². The number of hydrogen-bond acceptors (Lipinski definition) is 11. The van der Waals surface area contributed by atoms with Gasteiger partial charge in [0.25, 0.3) is 0 Å². The molecule has 13 nitrogen and oxygen atoms in total. The average molecular weight is 834 g/mol. The third-order valence-corrected chi connectivity index (χ3v) is 10.7. The number of aliphatic hydroxyl groups excluding tert-OH is 5. The molecule has 334 valence electrons. The Balaban J connectivity index is 2.66. The van der Waals surface area contributed by atoms with E-state index in [9.17, 15) is 38.7 Å². The van der Waals surface area contributed by atoms with Gasteiger partial charge in [-0.1, -0.05) is 147 Å². The van der Waals surface area contributed by atoms with Crippen LogP contribution in [0.1, 0.15) is 168 Å². The summed E-state index contributed by atoms with van der Waals surface area (Å²) < 4.78 is 47.4. The van der Waals surface area contributed by atoms with E-state index in [4.69, 9.17) is 14.0 Å². The Kier molecular flexibility index (Phi) is 31.8. The molecule has 1 aliphatic rings. The third kappa shape index (κ3) is 26.9. The first-order valence-corrected chi connectivity index (χ1v) is 23.3. The number of allylic oxidation sites excluding steroid dienone is 5. The van der Waals surface area contributed by atoms with Gasteiger partial charge in [-0.2, -0.15) is 8.42 Å². The van der Waals surface area contributed by atoms with Crippen molar-refractivity contribution in [3.63, 3.8) is 0 Å². The van der Waals surface area contributed by atoms with Crippen molar-refractivity contribution in [3.05, 3.63) is 36.5 Å². The van der Waals surface area contributed by atoms with Crippen LogP contribution in [0.5, 0.6) is 0 Å². The number of hydrogen-bond donors (Lipinski definition) is 7. The lowest BCUT2D eigenvalue weighted by atomic mass is 9.99. The molecule has 1 amide bonds. The Morgan fingerprint density at radius 1 is 0.702 bits per heavy atom. The summed E-state index contributed by atoms with van der Waals surface area (Å²) in [6.45, 7) is 3.15. The highest BCUT2D eigenvalue weighted by Gasteiger charge is 2.48. The molecule has 1 rings (SSSR count). The monoisotopic (exact) mass is 834 g/mol. The van der Waals surface area contributed by atoms with Crippen LogP contribution < -0.4 is 5.32 Å². The van der Waals surface area contributed by atoms with Crippen molar-refractivity contribution in [2.75, 3.05) is 13.2 Å². The van der Waals surface area contributed by atoms with Crippen molar-refractivity contribution in [2.45, 2.75) is 217 Å². The highest BCUT2D eigenvalue weighted by atomic mass is 32.3. The predicted octanol–water partition coefficient (Wildman–Crippen LogP) is 6.91. The first kappa shape index (κ1) is 53.3. The minimum atomic E-state index is -5.12. The highest BCUT2D eigenvalue weighted by Crippen LogP contribution is 2.26. The second-order valence-electron chi connectivity index (χ2n) is 15.4. The van der Waals surface area contributed by atoms with E-state index in [1.165, 1.54) is 76.7 Å². The highest BCUT2D eigenvalue weighted by molar-refractivity contribution is 7.80. The quantitative estimate of drug-likeness (QED) is 0.0195. The van der Waals surface area contributed by atoms with Gasteiger partial charge in [-0.3, -0.25) is 9.35 Å². The van der Waals surface area contributed by atoms with Crippen LogP contribution in [0.15, 0.2) is 36.5 Å². The van der Waals surface area contributed by atoms with Gasteiger partial charge in [-0.15, -0.1) is 0 Å². The molecule has 0 aromatic carbocycles. The second-order valence-corrected chi connectivity index (χ2v) is 16.5. The van der Waals surface area contributed by atoms with Crippen LogP contribution in [0.25, 0.3) is 0 Å². The standard InChI is InChI=1S/C43H79NO12S/c1-3-5-7-9-11-13-15-17-19-21-23-25-27-29-31-36(46)35(34-54-43-40(49)41(56-57(51,52)53)39(48)38(33-45)55-43)44-42(50)37(47)32-30-28-26-24-22-20-18-16-14-12-10-8-6-4-2/h14,16,21,23,29,31,35-41,43,45-49H,3-13,15,17-20,22,24-28,30,32-34H2,1-2H3,(H,44,50)(H,51,52,53)/b16-14-,23-21+,31-29+. The Labute approximate surface area is 344 Å². The van der Waals surface area contributed by atoms with E-state index in [1.54, 1.807) is 6.08 Å². The number of amides is 1. The fourth-order valence-corrected chi connectivity index (χ4v) is 7.21. The van der Waals surface area contributed by atoms with Gasteiger partial charge in [0.1, 0.15) is 30.5 Å². The van der Waals surface area contributed by atoms with Crippen molar-refractivity contribution < 1.29 is 57.0 Å². The number of aliphatic hydroxyl groups is 5. The molecule has 0 aromatic rings. The van der Waals surface area contributed by atoms with E-state index in [0.717, 1.165) is 64.2 Å². The van der Waals surface area contributed by atoms with Crippen molar-refractivity contribution >= 4 is 16.3 Å². The molecule has 7 N–H and O–H groups in total. The molecular formula is C43H79NO12S. The molecule has 0 aliphatic carbocycles. The summed E-state index contributed by atoms with van der Waals surface area (Å²) in [6, 6.07) is -1.14. The molecule has 0 bridgehead atoms. The van der Waals surface area contributed by atoms with Gasteiger partial charge in [-0.05, 0) is 57.8 Å².